The molecule has 0 aromatic heterocycles. The topological polar surface area (TPSA) is 70.4 Å². The number of nitrogens with zero attached hydrogens (tertiary/aromatic N) is 2. The summed E-state index contributed by atoms with van der Waals surface area (Å²) in [6.45, 7) is 7.64. The van der Waals surface area contributed by atoms with E-state index in [-0.39, 0.29) is 11.4 Å². The minimum absolute atomic E-state index is 0.180. The molecule has 0 unspecified atom stereocenters. The van der Waals surface area contributed by atoms with Crippen molar-refractivity contribution in [3.63, 3.8) is 0 Å². The third kappa shape index (κ3) is 3.79. The summed E-state index contributed by atoms with van der Waals surface area (Å²) in [6, 6.07) is 14.6. The molecular formula is C21H24N2O3S. The second-order valence-corrected chi connectivity index (χ2v) is 9.57. The molecule has 1 atom stereocenters. The number of ether oxygens (including phenoxy) is 1. The van der Waals surface area contributed by atoms with Crippen LogP contribution in [0.2, 0.25) is 0 Å². The number of anilines is 1. The Morgan fingerprint density at radius 2 is 1.85 bits per heavy atom. The van der Waals surface area contributed by atoms with Crippen molar-refractivity contribution in [2.24, 2.45) is 5.41 Å². The van der Waals surface area contributed by atoms with Gasteiger partial charge in [-0.1, -0.05) is 29.8 Å². The molecule has 1 heterocycles. The predicted molar refractivity (Wildman–Crippen MR) is 105 cm³/mol. The highest BCUT2D eigenvalue weighted by atomic mass is 32.2. The fourth-order valence-corrected chi connectivity index (χ4v) is 4.89. The van der Waals surface area contributed by atoms with Gasteiger partial charge in [0.1, 0.15) is 11.9 Å². The SMILES string of the molecule is Cc1ccc(S(=O)(=O)N2C[C@H](CC(C)(C)C#N)Oc3cccc(C)c32)cc1. The molecule has 0 spiro atoms. The average Bonchev–Trinajstić information content (AvgIpc) is 2.61. The lowest BCUT2D eigenvalue weighted by Gasteiger charge is -2.38. The molecule has 0 fully saturated rings. The van der Waals surface area contributed by atoms with Crippen LogP contribution < -0.4 is 9.04 Å². The van der Waals surface area contributed by atoms with Crippen molar-refractivity contribution in [2.45, 2.75) is 45.1 Å². The molecule has 0 radical (unpaired) electrons. The van der Waals surface area contributed by atoms with E-state index in [0.29, 0.717) is 17.9 Å². The highest BCUT2D eigenvalue weighted by Gasteiger charge is 2.37. The molecule has 2 aromatic rings. The molecule has 0 aliphatic carbocycles. The monoisotopic (exact) mass is 384 g/mol. The Morgan fingerprint density at radius 1 is 1.19 bits per heavy atom. The van der Waals surface area contributed by atoms with E-state index in [1.807, 2.05) is 39.8 Å². The summed E-state index contributed by atoms with van der Waals surface area (Å²) in [7, 11) is -3.74. The molecule has 0 saturated carbocycles. The third-order valence-corrected chi connectivity index (χ3v) is 6.54. The number of sulfonamides is 1. The highest BCUT2D eigenvalue weighted by Crippen LogP contribution is 2.41. The Kier molecular flexibility index (Phi) is 4.92. The van der Waals surface area contributed by atoms with E-state index in [4.69, 9.17) is 4.74 Å². The number of para-hydroxylation sites is 1. The smallest absolute Gasteiger partial charge is 0.264 e. The molecule has 0 saturated heterocycles. The molecule has 27 heavy (non-hydrogen) atoms. The molecular weight excluding hydrogens is 360 g/mol. The summed E-state index contributed by atoms with van der Waals surface area (Å²) < 4.78 is 34.3. The van der Waals surface area contributed by atoms with Gasteiger partial charge in [0, 0.05) is 6.42 Å². The lowest BCUT2D eigenvalue weighted by atomic mass is 9.88. The molecule has 1 aliphatic rings. The second-order valence-electron chi connectivity index (χ2n) is 7.71. The number of hydrogen-bond acceptors (Lipinski definition) is 4. The van der Waals surface area contributed by atoms with Gasteiger partial charge < -0.3 is 4.74 Å². The van der Waals surface area contributed by atoms with E-state index in [9.17, 15) is 13.7 Å². The van der Waals surface area contributed by atoms with Crippen LogP contribution in [0.1, 0.15) is 31.4 Å². The Morgan fingerprint density at radius 3 is 2.48 bits per heavy atom. The zero-order valence-corrected chi connectivity index (χ0v) is 16.9. The normalized spacial score (nSPS) is 17.0. The van der Waals surface area contributed by atoms with Crippen LogP contribution in [0, 0.1) is 30.6 Å². The molecule has 6 heteroatoms. The van der Waals surface area contributed by atoms with Crippen LogP contribution in [-0.4, -0.2) is 21.1 Å². The standard InChI is InChI=1S/C21H24N2O3S/c1-15-8-10-18(11-9-15)27(24,25)23-13-17(12-21(3,4)14-22)26-19-7-5-6-16(2)20(19)23/h5-11,17H,12-13H2,1-4H3/t17-/m0/s1. The summed E-state index contributed by atoms with van der Waals surface area (Å²) in [5, 5.41) is 9.36. The first-order valence-corrected chi connectivity index (χ1v) is 10.3. The number of aryl methyl sites for hydroxylation is 2. The van der Waals surface area contributed by atoms with Crippen LogP contribution in [0.25, 0.3) is 0 Å². The van der Waals surface area contributed by atoms with Gasteiger partial charge in [0.15, 0.2) is 0 Å². The first kappa shape index (κ1) is 19.2. The van der Waals surface area contributed by atoms with Gasteiger partial charge in [-0.05, 0) is 51.5 Å². The van der Waals surface area contributed by atoms with Gasteiger partial charge in [-0.3, -0.25) is 4.31 Å². The van der Waals surface area contributed by atoms with Gasteiger partial charge in [-0.25, -0.2) is 8.42 Å². The first-order valence-electron chi connectivity index (χ1n) is 8.91. The highest BCUT2D eigenvalue weighted by molar-refractivity contribution is 7.92. The predicted octanol–water partition coefficient (Wildman–Crippen LogP) is 4.20. The van der Waals surface area contributed by atoms with Crippen LogP contribution in [-0.2, 0) is 10.0 Å². The molecule has 2 aromatic carbocycles. The minimum Gasteiger partial charge on any atom is -0.486 e. The Hall–Kier alpha value is -2.52. The minimum atomic E-state index is -3.74. The Bertz CT molecular complexity index is 989. The molecule has 5 nitrogen and oxygen atoms in total. The van der Waals surface area contributed by atoms with Crippen molar-refractivity contribution in [1.29, 1.82) is 5.26 Å². The van der Waals surface area contributed by atoms with Gasteiger partial charge in [0.25, 0.3) is 10.0 Å². The van der Waals surface area contributed by atoms with Crippen molar-refractivity contribution in [2.75, 3.05) is 10.8 Å². The quantitative estimate of drug-likeness (QED) is 0.792. The van der Waals surface area contributed by atoms with Gasteiger partial charge in [0.05, 0.1) is 28.6 Å². The lowest BCUT2D eigenvalue weighted by Crippen LogP contribution is -2.45. The van der Waals surface area contributed by atoms with E-state index >= 15 is 0 Å². The summed E-state index contributed by atoms with van der Waals surface area (Å²) in [6.07, 6.45) is 0.0470. The maximum Gasteiger partial charge on any atom is 0.264 e. The summed E-state index contributed by atoms with van der Waals surface area (Å²) in [5.41, 5.74) is 1.80. The van der Waals surface area contributed by atoms with E-state index in [1.54, 1.807) is 30.3 Å². The summed E-state index contributed by atoms with van der Waals surface area (Å²) >= 11 is 0. The van der Waals surface area contributed by atoms with Crippen LogP contribution in [0.3, 0.4) is 0 Å². The second kappa shape index (κ2) is 6.90. The van der Waals surface area contributed by atoms with Crippen molar-refractivity contribution in [3.05, 3.63) is 53.6 Å². The number of hydrogen-bond donors (Lipinski definition) is 0. The molecule has 0 N–H and O–H groups in total. The number of benzene rings is 2. The van der Waals surface area contributed by atoms with Crippen LogP contribution in [0.4, 0.5) is 5.69 Å². The van der Waals surface area contributed by atoms with Gasteiger partial charge >= 0.3 is 0 Å². The Balaban J connectivity index is 2.07. The zero-order valence-electron chi connectivity index (χ0n) is 16.1. The molecule has 0 bridgehead atoms. The van der Waals surface area contributed by atoms with Crippen LogP contribution in [0.15, 0.2) is 47.4 Å². The fourth-order valence-electron chi connectivity index (χ4n) is 3.32. The van der Waals surface area contributed by atoms with Crippen LogP contribution >= 0.6 is 0 Å². The summed E-state index contributed by atoms with van der Waals surface area (Å²) in [5.74, 6) is 0.538. The van der Waals surface area contributed by atoms with Gasteiger partial charge in [-0.2, -0.15) is 5.26 Å². The van der Waals surface area contributed by atoms with Crippen molar-refractivity contribution < 1.29 is 13.2 Å². The lowest BCUT2D eigenvalue weighted by molar-refractivity contribution is 0.156. The largest absolute Gasteiger partial charge is 0.486 e. The molecule has 142 valence electrons. The number of nitriles is 1. The van der Waals surface area contributed by atoms with E-state index in [2.05, 4.69) is 6.07 Å². The van der Waals surface area contributed by atoms with Gasteiger partial charge in [-0.15, -0.1) is 0 Å². The van der Waals surface area contributed by atoms with Gasteiger partial charge in [0.2, 0.25) is 0 Å². The molecule has 3 rings (SSSR count). The Labute approximate surface area is 161 Å². The fraction of sp³-hybridized carbons (Fsp3) is 0.381. The maximum absolute atomic E-state index is 13.4. The summed E-state index contributed by atoms with van der Waals surface area (Å²) in [4.78, 5) is 0.252. The van der Waals surface area contributed by atoms with Crippen molar-refractivity contribution in [3.8, 4) is 11.8 Å². The maximum atomic E-state index is 13.4. The third-order valence-electron chi connectivity index (χ3n) is 4.76. The first-order chi connectivity index (χ1) is 12.6. The number of fused-ring (bicyclic) bond motifs is 1. The molecule has 0 amide bonds. The average molecular weight is 385 g/mol. The van der Waals surface area contributed by atoms with Crippen molar-refractivity contribution in [1.82, 2.24) is 0 Å². The van der Waals surface area contributed by atoms with Crippen LogP contribution in [0.5, 0.6) is 5.75 Å². The zero-order chi connectivity index (χ0) is 19.8. The van der Waals surface area contributed by atoms with E-state index < -0.39 is 21.5 Å². The van der Waals surface area contributed by atoms with E-state index in [1.165, 1.54) is 4.31 Å². The number of rotatable bonds is 4. The van der Waals surface area contributed by atoms with E-state index in [0.717, 1.165) is 11.1 Å². The molecule has 1 aliphatic heterocycles. The van der Waals surface area contributed by atoms with Crippen molar-refractivity contribution >= 4 is 15.7 Å².